The van der Waals surface area contributed by atoms with E-state index in [2.05, 4.69) is 0 Å². The van der Waals surface area contributed by atoms with Gasteiger partial charge in [0.2, 0.25) is 0 Å². The smallest absolute Gasteiger partial charge is 0.343 e. The second-order valence-corrected chi connectivity index (χ2v) is 5.38. The first kappa shape index (κ1) is 15.9. The molecule has 0 amide bonds. The van der Waals surface area contributed by atoms with Crippen molar-refractivity contribution in [1.82, 2.24) is 0 Å². The molecule has 120 valence electrons. The van der Waals surface area contributed by atoms with Crippen LogP contribution in [0.4, 0.5) is 8.78 Å². The van der Waals surface area contributed by atoms with Gasteiger partial charge in [-0.2, -0.15) is 0 Å². The Kier molecular flexibility index (Phi) is 4.38. The third-order valence-corrected chi connectivity index (χ3v) is 3.61. The zero-order chi connectivity index (χ0) is 17.1. The molecule has 0 saturated carbocycles. The molecule has 0 aliphatic rings. The molecule has 0 aliphatic heterocycles. The molecule has 24 heavy (non-hydrogen) atoms. The molecule has 0 saturated heterocycles. The Balaban J connectivity index is 1.78. The van der Waals surface area contributed by atoms with Crippen molar-refractivity contribution in [3.63, 3.8) is 0 Å². The highest BCUT2D eigenvalue weighted by atomic mass is 19.2. The Bertz CT molecular complexity index is 869. The number of halogens is 2. The van der Waals surface area contributed by atoms with E-state index in [-0.39, 0.29) is 5.56 Å². The average molecular weight is 324 g/mol. The van der Waals surface area contributed by atoms with Crippen molar-refractivity contribution in [2.75, 3.05) is 0 Å². The van der Waals surface area contributed by atoms with Crippen LogP contribution in [0.15, 0.2) is 66.7 Å². The third-order valence-electron chi connectivity index (χ3n) is 3.61. The molecule has 0 aliphatic carbocycles. The fourth-order valence-electron chi connectivity index (χ4n) is 2.28. The van der Waals surface area contributed by atoms with Gasteiger partial charge in [0.1, 0.15) is 5.75 Å². The molecule has 3 rings (SSSR count). The minimum absolute atomic E-state index is 0.159. The van der Waals surface area contributed by atoms with Gasteiger partial charge in [0.05, 0.1) is 5.56 Å². The molecule has 0 aromatic heterocycles. The van der Waals surface area contributed by atoms with Crippen LogP contribution in [0, 0.1) is 18.6 Å². The number of carbonyl (C=O) groups is 1. The molecular weight excluding hydrogens is 310 g/mol. The number of benzene rings is 3. The van der Waals surface area contributed by atoms with Gasteiger partial charge >= 0.3 is 5.97 Å². The lowest BCUT2D eigenvalue weighted by molar-refractivity contribution is 0.0735. The summed E-state index contributed by atoms with van der Waals surface area (Å²) < 4.78 is 32.4. The highest BCUT2D eigenvalue weighted by Gasteiger charge is 2.11. The highest BCUT2D eigenvalue weighted by molar-refractivity contribution is 5.91. The number of aryl methyl sites for hydroxylation is 1. The molecule has 0 bridgehead atoms. The summed E-state index contributed by atoms with van der Waals surface area (Å²) in [6.45, 7) is 1.93. The van der Waals surface area contributed by atoms with Crippen molar-refractivity contribution in [2.24, 2.45) is 0 Å². The average Bonchev–Trinajstić information content (AvgIpc) is 2.59. The second kappa shape index (κ2) is 6.62. The number of rotatable bonds is 3. The summed E-state index contributed by atoms with van der Waals surface area (Å²) in [5.74, 6) is -1.94. The number of ether oxygens (including phenoxy) is 1. The first-order valence-electron chi connectivity index (χ1n) is 7.38. The summed E-state index contributed by atoms with van der Waals surface area (Å²) >= 11 is 0. The molecule has 2 nitrogen and oxygen atoms in total. The fourth-order valence-corrected chi connectivity index (χ4v) is 2.28. The SMILES string of the molecule is Cc1ccc(C(=O)Oc2ccc(-c3cccc(F)c3F)cc2)cc1. The number of hydrogen-bond acceptors (Lipinski definition) is 2. The molecule has 0 fully saturated rings. The van der Waals surface area contributed by atoms with Crippen LogP contribution in [0.25, 0.3) is 11.1 Å². The first-order valence-corrected chi connectivity index (χ1v) is 7.38. The van der Waals surface area contributed by atoms with E-state index >= 15 is 0 Å². The van der Waals surface area contributed by atoms with E-state index < -0.39 is 17.6 Å². The van der Waals surface area contributed by atoms with Crippen molar-refractivity contribution in [2.45, 2.75) is 6.92 Å². The van der Waals surface area contributed by atoms with E-state index in [1.807, 2.05) is 19.1 Å². The van der Waals surface area contributed by atoms with Crippen molar-refractivity contribution in [1.29, 1.82) is 0 Å². The van der Waals surface area contributed by atoms with Crippen LogP contribution in [0.3, 0.4) is 0 Å². The Hall–Kier alpha value is -3.01. The van der Waals surface area contributed by atoms with E-state index in [1.54, 1.807) is 36.4 Å². The maximum absolute atomic E-state index is 13.8. The van der Waals surface area contributed by atoms with Crippen LogP contribution in [-0.2, 0) is 0 Å². The van der Waals surface area contributed by atoms with Crippen molar-refractivity contribution in [3.8, 4) is 16.9 Å². The quantitative estimate of drug-likeness (QED) is 0.491. The van der Waals surface area contributed by atoms with Gasteiger partial charge in [-0.1, -0.05) is 42.0 Å². The standard InChI is InChI=1S/C20H14F2O2/c1-13-5-7-15(8-6-13)20(23)24-16-11-9-14(10-12-16)17-3-2-4-18(21)19(17)22/h2-12H,1H3. The molecule has 0 spiro atoms. The van der Waals surface area contributed by atoms with Gasteiger partial charge in [-0.25, -0.2) is 13.6 Å². The molecular formula is C20H14F2O2. The van der Waals surface area contributed by atoms with Crippen LogP contribution in [0.2, 0.25) is 0 Å². The predicted molar refractivity (Wildman–Crippen MR) is 87.9 cm³/mol. The van der Waals surface area contributed by atoms with Crippen LogP contribution >= 0.6 is 0 Å². The Morgan fingerprint density at radius 3 is 2.21 bits per heavy atom. The van der Waals surface area contributed by atoms with Gasteiger partial charge < -0.3 is 4.74 Å². The monoisotopic (exact) mass is 324 g/mol. The molecule has 3 aromatic rings. The normalized spacial score (nSPS) is 10.5. The van der Waals surface area contributed by atoms with Gasteiger partial charge in [0, 0.05) is 5.56 Å². The maximum atomic E-state index is 13.8. The van der Waals surface area contributed by atoms with Crippen LogP contribution in [-0.4, -0.2) is 5.97 Å². The van der Waals surface area contributed by atoms with E-state index in [0.29, 0.717) is 16.9 Å². The summed E-state index contributed by atoms with van der Waals surface area (Å²) in [6.07, 6.45) is 0. The Morgan fingerprint density at radius 2 is 1.54 bits per heavy atom. The van der Waals surface area contributed by atoms with Crippen molar-refractivity contribution in [3.05, 3.63) is 89.5 Å². The minimum atomic E-state index is -0.901. The minimum Gasteiger partial charge on any atom is -0.423 e. The largest absolute Gasteiger partial charge is 0.423 e. The summed E-state index contributed by atoms with van der Waals surface area (Å²) in [7, 11) is 0. The van der Waals surface area contributed by atoms with E-state index in [9.17, 15) is 13.6 Å². The Labute approximate surface area is 138 Å². The highest BCUT2D eigenvalue weighted by Crippen LogP contribution is 2.26. The molecule has 4 heteroatoms. The summed E-state index contributed by atoms with van der Waals surface area (Å²) in [5, 5.41) is 0. The molecule has 0 heterocycles. The lowest BCUT2D eigenvalue weighted by atomic mass is 10.0. The molecule has 3 aromatic carbocycles. The summed E-state index contributed by atoms with van der Waals surface area (Å²) in [6, 6.07) is 17.3. The van der Waals surface area contributed by atoms with Gasteiger partial charge in [-0.15, -0.1) is 0 Å². The first-order chi connectivity index (χ1) is 11.5. The second-order valence-electron chi connectivity index (χ2n) is 5.38. The zero-order valence-electron chi connectivity index (χ0n) is 12.9. The summed E-state index contributed by atoms with van der Waals surface area (Å²) in [4.78, 5) is 12.0. The number of carbonyl (C=O) groups excluding carboxylic acids is 1. The predicted octanol–water partition coefficient (Wildman–Crippen LogP) is 5.16. The van der Waals surface area contributed by atoms with Crippen LogP contribution in [0.5, 0.6) is 5.75 Å². The van der Waals surface area contributed by atoms with Crippen molar-refractivity contribution < 1.29 is 18.3 Å². The van der Waals surface area contributed by atoms with E-state index in [0.717, 1.165) is 11.6 Å². The molecule has 0 N–H and O–H groups in total. The third kappa shape index (κ3) is 3.33. The molecule has 0 atom stereocenters. The fraction of sp³-hybridized carbons (Fsp3) is 0.0500. The number of hydrogen-bond donors (Lipinski definition) is 0. The van der Waals surface area contributed by atoms with Gasteiger partial charge in [0.25, 0.3) is 0 Å². The number of esters is 1. The van der Waals surface area contributed by atoms with Crippen LogP contribution < -0.4 is 4.74 Å². The molecule has 0 radical (unpaired) electrons. The van der Waals surface area contributed by atoms with Gasteiger partial charge in [0.15, 0.2) is 11.6 Å². The summed E-state index contributed by atoms with van der Waals surface area (Å²) in [5.41, 5.74) is 2.16. The zero-order valence-corrected chi connectivity index (χ0v) is 12.9. The lowest BCUT2D eigenvalue weighted by Crippen LogP contribution is -2.08. The van der Waals surface area contributed by atoms with Crippen molar-refractivity contribution >= 4 is 5.97 Å². The van der Waals surface area contributed by atoms with Crippen LogP contribution in [0.1, 0.15) is 15.9 Å². The van der Waals surface area contributed by atoms with Gasteiger partial charge in [-0.3, -0.25) is 0 Å². The van der Waals surface area contributed by atoms with E-state index in [1.165, 1.54) is 12.1 Å². The lowest BCUT2D eigenvalue weighted by Gasteiger charge is -2.07. The Morgan fingerprint density at radius 1 is 0.875 bits per heavy atom. The van der Waals surface area contributed by atoms with E-state index in [4.69, 9.17) is 4.74 Å². The maximum Gasteiger partial charge on any atom is 0.343 e. The molecule has 0 unspecified atom stereocenters. The topological polar surface area (TPSA) is 26.3 Å². The van der Waals surface area contributed by atoms with Gasteiger partial charge in [-0.05, 0) is 42.8 Å².